The maximum atomic E-state index is 6.03. The average Bonchev–Trinajstić information content (AvgIpc) is 2.63. The van der Waals surface area contributed by atoms with E-state index in [1.54, 1.807) is 18.3 Å². The Balaban J connectivity index is 2.48. The first-order valence-corrected chi connectivity index (χ1v) is 5.00. The molecule has 7 N–H and O–H groups in total. The Bertz CT molecular complexity index is 609. The van der Waals surface area contributed by atoms with Crippen LogP contribution in [0.1, 0.15) is 0 Å². The van der Waals surface area contributed by atoms with E-state index in [0.717, 1.165) is 10.9 Å². The lowest BCUT2D eigenvalue weighted by molar-refractivity contribution is 1.12. The van der Waals surface area contributed by atoms with Gasteiger partial charge in [0, 0.05) is 5.39 Å². The highest BCUT2D eigenvalue weighted by atomic mass is 35.5. The Morgan fingerprint density at radius 3 is 2.76 bits per heavy atom. The molecule has 0 fully saturated rings. The molecule has 1 aromatic heterocycles. The largest absolute Gasteiger partial charge is 0.370 e. The molecule has 1 heterocycles. The molecule has 2 aromatic rings. The van der Waals surface area contributed by atoms with Gasteiger partial charge in [-0.15, -0.1) is 0 Å². The minimum atomic E-state index is -0.162. The highest BCUT2D eigenvalue weighted by Gasteiger charge is 2.04. The second-order valence-electron chi connectivity index (χ2n) is 3.27. The van der Waals surface area contributed by atoms with Crippen molar-refractivity contribution in [3.63, 3.8) is 0 Å². The number of aromatic amines is 1. The zero-order valence-corrected chi connectivity index (χ0v) is 9.44. The lowest BCUT2D eigenvalue weighted by Crippen LogP contribution is -2.26. The number of nitrogens with zero attached hydrogens (tertiary/aromatic N) is 3. The zero-order valence-electron chi connectivity index (χ0n) is 8.68. The normalized spacial score (nSPS) is 11.7. The molecule has 88 valence electrons. The number of fused-ring (bicyclic) bond motifs is 1. The molecule has 1 aromatic carbocycles. The fourth-order valence-corrected chi connectivity index (χ4v) is 1.53. The van der Waals surface area contributed by atoms with Gasteiger partial charge in [-0.3, -0.25) is 5.10 Å². The van der Waals surface area contributed by atoms with Crippen LogP contribution in [0.2, 0.25) is 5.02 Å². The van der Waals surface area contributed by atoms with Gasteiger partial charge in [0.1, 0.15) is 0 Å². The van der Waals surface area contributed by atoms with E-state index in [0.29, 0.717) is 10.7 Å². The zero-order chi connectivity index (χ0) is 12.4. The van der Waals surface area contributed by atoms with E-state index in [4.69, 9.17) is 28.8 Å². The van der Waals surface area contributed by atoms with E-state index < -0.39 is 0 Å². The number of H-pyrrole nitrogens is 1. The van der Waals surface area contributed by atoms with E-state index in [1.165, 1.54) is 0 Å². The number of rotatable bonds is 1. The van der Waals surface area contributed by atoms with Crippen LogP contribution in [0.5, 0.6) is 0 Å². The molecule has 0 atom stereocenters. The molecule has 17 heavy (non-hydrogen) atoms. The maximum absolute atomic E-state index is 6.03. The average molecular weight is 252 g/mol. The van der Waals surface area contributed by atoms with Crippen LogP contribution < -0.4 is 17.2 Å². The van der Waals surface area contributed by atoms with Crippen molar-refractivity contribution in [1.82, 2.24) is 10.2 Å². The first kappa shape index (κ1) is 11.2. The van der Waals surface area contributed by atoms with E-state index in [1.807, 2.05) is 0 Å². The summed E-state index contributed by atoms with van der Waals surface area (Å²) >= 11 is 6.03. The second kappa shape index (κ2) is 4.30. The van der Waals surface area contributed by atoms with E-state index >= 15 is 0 Å². The number of halogens is 1. The predicted octanol–water partition coefficient (Wildman–Crippen LogP) is 0.436. The summed E-state index contributed by atoms with van der Waals surface area (Å²) < 4.78 is 0. The van der Waals surface area contributed by atoms with Gasteiger partial charge in [0.2, 0.25) is 5.96 Å². The van der Waals surface area contributed by atoms with Crippen LogP contribution in [-0.2, 0) is 0 Å². The van der Waals surface area contributed by atoms with Crippen molar-refractivity contribution in [3.8, 4) is 0 Å². The van der Waals surface area contributed by atoms with Gasteiger partial charge < -0.3 is 17.2 Å². The van der Waals surface area contributed by atoms with Gasteiger partial charge in [0.25, 0.3) is 0 Å². The summed E-state index contributed by atoms with van der Waals surface area (Å²) in [7, 11) is 0. The molecule has 0 saturated carbocycles. The van der Waals surface area contributed by atoms with Gasteiger partial charge in [0.15, 0.2) is 5.96 Å². The third-order valence-corrected chi connectivity index (χ3v) is 2.29. The Hall–Kier alpha value is -2.28. The molecule has 0 aliphatic rings. The third kappa shape index (κ3) is 2.45. The third-order valence-electron chi connectivity index (χ3n) is 1.99. The fraction of sp³-hybridized carbons (Fsp3) is 0. The second-order valence-corrected chi connectivity index (χ2v) is 3.67. The molecule has 0 amide bonds. The van der Waals surface area contributed by atoms with Crippen molar-refractivity contribution in [2.45, 2.75) is 0 Å². The Kier molecular flexibility index (Phi) is 2.84. The molecule has 2 rings (SSSR count). The summed E-state index contributed by atoms with van der Waals surface area (Å²) in [5, 5.41) is 8.00. The van der Waals surface area contributed by atoms with Gasteiger partial charge in [-0.25, -0.2) is 4.99 Å². The standard InChI is InChI=1S/C9H10ClN7/c10-5-1-4-3-14-17-6(4)2-7(5)15-9(13)16-8(11)12/h1-3H,(H,14,17)(H6,11,12,13,15,16). The fourth-order valence-electron chi connectivity index (χ4n) is 1.32. The molecular formula is C9H10ClN7. The highest BCUT2D eigenvalue weighted by Crippen LogP contribution is 2.29. The summed E-state index contributed by atoms with van der Waals surface area (Å²) in [6.45, 7) is 0. The summed E-state index contributed by atoms with van der Waals surface area (Å²) in [6, 6.07) is 3.43. The van der Waals surface area contributed by atoms with Crippen LogP contribution in [0, 0.1) is 0 Å². The molecule has 0 spiro atoms. The van der Waals surface area contributed by atoms with Gasteiger partial charge in [-0.05, 0) is 12.1 Å². The smallest absolute Gasteiger partial charge is 0.223 e. The first-order valence-electron chi connectivity index (χ1n) is 4.62. The lowest BCUT2D eigenvalue weighted by Gasteiger charge is -1.99. The number of nitrogens with one attached hydrogen (secondary N) is 1. The van der Waals surface area contributed by atoms with Gasteiger partial charge >= 0.3 is 0 Å². The molecule has 0 saturated heterocycles. The van der Waals surface area contributed by atoms with E-state index in [2.05, 4.69) is 20.2 Å². The van der Waals surface area contributed by atoms with Crippen molar-refractivity contribution in [2.24, 2.45) is 27.2 Å². The van der Waals surface area contributed by atoms with Crippen LogP contribution in [0.15, 0.2) is 28.3 Å². The number of benzene rings is 1. The first-order chi connectivity index (χ1) is 8.06. The molecular weight excluding hydrogens is 242 g/mol. The van der Waals surface area contributed by atoms with Crippen LogP contribution in [0.4, 0.5) is 5.69 Å². The number of guanidine groups is 2. The Labute approximate surface area is 101 Å². The Morgan fingerprint density at radius 2 is 2.06 bits per heavy atom. The van der Waals surface area contributed by atoms with Gasteiger partial charge in [-0.2, -0.15) is 10.1 Å². The number of hydrogen-bond donors (Lipinski definition) is 4. The number of hydrogen-bond acceptors (Lipinski definition) is 2. The number of aliphatic imine (C=N–C) groups is 2. The van der Waals surface area contributed by atoms with Crippen LogP contribution in [0.3, 0.4) is 0 Å². The van der Waals surface area contributed by atoms with Crippen molar-refractivity contribution in [2.75, 3.05) is 0 Å². The minimum absolute atomic E-state index is 0.0641. The van der Waals surface area contributed by atoms with E-state index in [-0.39, 0.29) is 11.9 Å². The number of nitrogens with two attached hydrogens (primary N) is 3. The topological polar surface area (TPSA) is 131 Å². The monoisotopic (exact) mass is 251 g/mol. The van der Waals surface area contributed by atoms with Gasteiger partial charge in [-0.1, -0.05) is 11.6 Å². The van der Waals surface area contributed by atoms with Crippen LogP contribution in [-0.4, -0.2) is 22.1 Å². The highest BCUT2D eigenvalue weighted by molar-refractivity contribution is 6.34. The van der Waals surface area contributed by atoms with Crippen molar-refractivity contribution >= 4 is 40.1 Å². The summed E-state index contributed by atoms with van der Waals surface area (Å²) in [4.78, 5) is 7.59. The molecule has 7 nitrogen and oxygen atoms in total. The summed E-state index contributed by atoms with van der Waals surface area (Å²) in [5.41, 5.74) is 17.1. The van der Waals surface area contributed by atoms with Crippen molar-refractivity contribution in [3.05, 3.63) is 23.4 Å². The summed E-state index contributed by atoms with van der Waals surface area (Å²) in [5.74, 6) is -0.226. The van der Waals surface area contributed by atoms with Crippen LogP contribution in [0.25, 0.3) is 10.9 Å². The molecule has 8 heteroatoms. The predicted molar refractivity (Wildman–Crippen MR) is 68.2 cm³/mol. The van der Waals surface area contributed by atoms with Crippen molar-refractivity contribution < 1.29 is 0 Å². The SMILES string of the molecule is NC(N)=NC(N)=Nc1cc2[nH]ncc2cc1Cl. The number of aromatic nitrogens is 2. The molecule has 0 unspecified atom stereocenters. The molecule has 0 bridgehead atoms. The Morgan fingerprint density at radius 1 is 1.29 bits per heavy atom. The quantitative estimate of drug-likeness (QED) is 0.432. The van der Waals surface area contributed by atoms with E-state index in [9.17, 15) is 0 Å². The van der Waals surface area contributed by atoms with Crippen LogP contribution >= 0.6 is 11.6 Å². The molecule has 0 aliphatic heterocycles. The van der Waals surface area contributed by atoms with Gasteiger partial charge in [0.05, 0.1) is 22.4 Å². The summed E-state index contributed by atoms with van der Waals surface area (Å²) in [6.07, 6.45) is 1.66. The molecule has 0 radical (unpaired) electrons. The van der Waals surface area contributed by atoms with Crippen molar-refractivity contribution in [1.29, 1.82) is 0 Å². The maximum Gasteiger partial charge on any atom is 0.223 e. The minimum Gasteiger partial charge on any atom is -0.370 e. The molecule has 0 aliphatic carbocycles. The lowest BCUT2D eigenvalue weighted by atomic mass is 10.2.